The van der Waals surface area contributed by atoms with Gasteiger partial charge >= 0.3 is 0 Å². The molecule has 0 aliphatic carbocycles. The number of aromatic nitrogens is 1. The van der Waals surface area contributed by atoms with E-state index in [9.17, 15) is 0 Å². The quantitative estimate of drug-likeness (QED) is 0.881. The molecule has 0 saturated carbocycles. The van der Waals surface area contributed by atoms with Crippen LogP contribution in [0.1, 0.15) is 16.0 Å². The monoisotopic (exact) mass is 259 g/mol. The zero-order valence-electron chi connectivity index (χ0n) is 10.2. The summed E-state index contributed by atoms with van der Waals surface area (Å²) >= 11 is 1.70. The van der Waals surface area contributed by atoms with E-state index in [1.165, 1.54) is 16.0 Å². The molecule has 1 aliphatic rings. The average Bonchev–Trinajstić information content (AvgIpc) is 2.92. The van der Waals surface area contributed by atoms with Crippen LogP contribution in [0.25, 0.3) is 0 Å². The minimum atomic E-state index is 0.535. The molecule has 18 heavy (non-hydrogen) atoms. The Bertz CT molecular complexity index is 496. The third-order valence-electron chi connectivity index (χ3n) is 3.34. The first kappa shape index (κ1) is 11.8. The zero-order valence-corrected chi connectivity index (χ0v) is 11.0. The van der Waals surface area contributed by atoms with E-state index in [0.29, 0.717) is 6.04 Å². The number of rotatable bonds is 4. The number of fused-ring (bicyclic) bond motifs is 1. The van der Waals surface area contributed by atoms with Crippen LogP contribution < -0.4 is 10.6 Å². The third-order valence-corrected chi connectivity index (χ3v) is 4.12. The summed E-state index contributed by atoms with van der Waals surface area (Å²) in [6.45, 7) is 2.92. The first-order valence-corrected chi connectivity index (χ1v) is 7.18. The highest BCUT2D eigenvalue weighted by molar-refractivity contribution is 7.09. The Morgan fingerprint density at radius 1 is 1.33 bits per heavy atom. The molecule has 94 valence electrons. The van der Waals surface area contributed by atoms with E-state index in [0.717, 1.165) is 26.1 Å². The van der Waals surface area contributed by atoms with Gasteiger partial charge in [-0.3, -0.25) is 4.98 Å². The number of thiazole rings is 1. The number of nitrogens with one attached hydrogen (secondary N) is 2. The predicted octanol–water partition coefficient (Wildman–Crippen LogP) is 1.95. The van der Waals surface area contributed by atoms with Gasteiger partial charge in [-0.05, 0) is 17.5 Å². The molecule has 2 aromatic rings. The van der Waals surface area contributed by atoms with Crippen molar-refractivity contribution in [1.82, 2.24) is 15.6 Å². The number of nitrogens with zero attached hydrogens (tertiary/aromatic N) is 1. The van der Waals surface area contributed by atoms with Crippen LogP contribution in [0.3, 0.4) is 0 Å². The topological polar surface area (TPSA) is 37.0 Å². The van der Waals surface area contributed by atoms with Crippen molar-refractivity contribution >= 4 is 11.3 Å². The Hall–Kier alpha value is -1.23. The lowest BCUT2D eigenvalue weighted by Crippen LogP contribution is -2.42. The first-order valence-electron chi connectivity index (χ1n) is 6.30. The molecule has 0 radical (unpaired) electrons. The lowest BCUT2D eigenvalue weighted by Gasteiger charge is -2.26. The zero-order chi connectivity index (χ0) is 12.2. The highest BCUT2D eigenvalue weighted by atomic mass is 32.1. The first-order chi connectivity index (χ1) is 8.92. The Morgan fingerprint density at radius 2 is 2.22 bits per heavy atom. The molecule has 4 heteroatoms. The van der Waals surface area contributed by atoms with Gasteiger partial charge in [0, 0.05) is 36.8 Å². The molecule has 0 saturated heterocycles. The average molecular weight is 259 g/mol. The lowest BCUT2D eigenvalue weighted by molar-refractivity contribution is 0.448. The van der Waals surface area contributed by atoms with Crippen LogP contribution in [0.15, 0.2) is 36.0 Å². The molecular weight excluding hydrogens is 242 g/mol. The van der Waals surface area contributed by atoms with Crippen LogP contribution in [0.5, 0.6) is 0 Å². The molecule has 3 nitrogen and oxygen atoms in total. The molecule has 0 fully saturated rings. The van der Waals surface area contributed by atoms with Crippen molar-refractivity contribution in [1.29, 1.82) is 0 Å². The molecule has 1 aromatic carbocycles. The second-order valence-electron chi connectivity index (χ2n) is 4.65. The smallest absolute Gasteiger partial charge is 0.0794 e. The number of hydrogen-bond acceptors (Lipinski definition) is 4. The second-order valence-corrected chi connectivity index (χ2v) is 5.62. The van der Waals surface area contributed by atoms with Crippen molar-refractivity contribution in [2.24, 2.45) is 0 Å². The van der Waals surface area contributed by atoms with Crippen LogP contribution >= 0.6 is 11.3 Å². The molecule has 1 aromatic heterocycles. The predicted molar refractivity (Wildman–Crippen MR) is 74.6 cm³/mol. The van der Waals surface area contributed by atoms with E-state index in [-0.39, 0.29) is 0 Å². The van der Waals surface area contributed by atoms with Gasteiger partial charge < -0.3 is 10.6 Å². The summed E-state index contributed by atoms with van der Waals surface area (Å²) in [5, 5.41) is 7.08. The van der Waals surface area contributed by atoms with Gasteiger partial charge in [-0.25, -0.2) is 0 Å². The Morgan fingerprint density at radius 3 is 3.06 bits per heavy atom. The SMILES string of the molecule is c1ccc2c(c1)CNC(CNCc1cncs1)C2. The van der Waals surface area contributed by atoms with Crippen molar-refractivity contribution in [3.63, 3.8) is 0 Å². The number of hydrogen-bond donors (Lipinski definition) is 2. The third kappa shape index (κ3) is 2.77. The van der Waals surface area contributed by atoms with Crippen molar-refractivity contribution in [3.8, 4) is 0 Å². The minimum absolute atomic E-state index is 0.535. The fourth-order valence-corrected chi connectivity index (χ4v) is 2.93. The summed E-state index contributed by atoms with van der Waals surface area (Å²) < 4.78 is 0. The van der Waals surface area contributed by atoms with Gasteiger partial charge in [0.2, 0.25) is 0 Å². The molecule has 1 atom stereocenters. The molecule has 3 rings (SSSR count). The van der Waals surface area contributed by atoms with Crippen molar-refractivity contribution in [3.05, 3.63) is 52.0 Å². The maximum absolute atomic E-state index is 4.08. The van der Waals surface area contributed by atoms with Crippen LogP contribution in [0.4, 0.5) is 0 Å². The standard InChI is InChI=1S/C14H17N3S/c1-2-4-12-6-17-13(5-11(12)3-1)7-15-8-14-9-16-10-18-14/h1-4,9-10,13,15,17H,5-8H2. The van der Waals surface area contributed by atoms with Crippen LogP contribution in [-0.4, -0.2) is 17.6 Å². The van der Waals surface area contributed by atoms with E-state index >= 15 is 0 Å². The Balaban J connectivity index is 1.51. The van der Waals surface area contributed by atoms with Crippen LogP contribution in [0.2, 0.25) is 0 Å². The largest absolute Gasteiger partial charge is 0.310 e. The van der Waals surface area contributed by atoms with E-state index in [2.05, 4.69) is 39.9 Å². The van der Waals surface area contributed by atoms with Gasteiger partial charge in [0.1, 0.15) is 0 Å². The summed E-state index contributed by atoms with van der Waals surface area (Å²) in [4.78, 5) is 5.38. The normalized spacial score (nSPS) is 18.6. The Kier molecular flexibility index (Phi) is 3.69. The summed E-state index contributed by atoms with van der Waals surface area (Å²) in [5.74, 6) is 0. The maximum atomic E-state index is 4.08. The van der Waals surface area contributed by atoms with Gasteiger partial charge in [-0.2, -0.15) is 0 Å². The van der Waals surface area contributed by atoms with Crippen LogP contribution in [0, 0.1) is 0 Å². The molecular formula is C14H17N3S. The molecule has 1 unspecified atom stereocenters. The van der Waals surface area contributed by atoms with Gasteiger partial charge in [0.15, 0.2) is 0 Å². The van der Waals surface area contributed by atoms with E-state index in [1.54, 1.807) is 11.3 Å². The Labute approximate surface area is 111 Å². The van der Waals surface area contributed by atoms with E-state index in [1.807, 2.05) is 11.7 Å². The maximum Gasteiger partial charge on any atom is 0.0794 e. The van der Waals surface area contributed by atoms with Crippen LogP contribution in [-0.2, 0) is 19.5 Å². The highest BCUT2D eigenvalue weighted by Crippen LogP contribution is 2.15. The van der Waals surface area contributed by atoms with E-state index in [4.69, 9.17) is 0 Å². The highest BCUT2D eigenvalue weighted by Gasteiger charge is 2.16. The fourth-order valence-electron chi connectivity index (χ4n) is 2.36. The molecule has 0 amide bonds. The van der Waals surface area contributed by atoms with Gasteiger partial charge in [-0.1, -0.05) is 24.3 Å². The summed E-state index contributed by atoms with van der Waals surface area (Å²) in [5.41, 5.74) is 4.81. The van der Waals surface area contributed by atoms with Crippen molar-refractivity contribution in [2.45, 2.75) is 25.6 Å². The van der Waals surface area contributed by atoms with Gasteiger partial charge in [0.25, 0.3) is 0 Å². The molecule has 1 aliphatic heterocycles. The van der Waals surface area contributed by atoms with Crippen molar-refractivity contribution in [2.75, 3.05) is 6.54 Å². The fraction of sp³-hybridized carbons (Fsp3) is 0.357. The van der Waals surface area contributed by atoms with Gasteiger partial charge in [0.05, 0.1) is 5.51 Å². The second kappa shape index (κ2) is 5.61. The molecule has 2 heterocycles. The summed E-state index contributed by atoms with van der Waals surface area (Å²) in [6, 6.07) is 9.23. The number of benzene rings is 1. The lowest BCUT2D eigenvalue weighted by atomic mass is 9.96. The summed E-state index contributed by atoms with van der Waals surface area (Å²) in [7, 11) is 0. The van der Waals surface area contributed by atoms with Crippen molar-refractivity contribution < 1.29 is 0 Å². The minimum Gasteiger partial charge on any atom is -0.310 e. The summed E-state index contributed by atoms with van der Waals surface area (Å²) in [6.07, 6.45) is 3.05. The van der Waals surface area contributed by atoms with Gasteiger partial charge in [-0.15, -0.1) is 11.3 Å². The van der Waals surface area contributed by atoms with E-state index < -0.39 is 0 Å². The molecule has 2 N–H and O–H groups in total. The molecule has 0 spiro atoms. The molecule has 0 bridgehead atoms.